The van der Waals surface area contributed by atoms with Crippen LogP contribution < -0.4 is 0 Å². The zero-order chi connectivity index (χ0) is 44.4. The SMILES string of the molecule is CCCCCCCCCn1c2ccccc2c2ccc(-c3ccc4c5ccc(-c6ccc7c8ccccc8n(CCCCCCCCC)c7c6)cc5n(CCCCCCCC)c4c3)cc21. The maximum absolute atomic E-state index is 2.67. The number of hydrogen-bond donors (Lipinski definition) is 0. The standard InChI is InChI=1S/C62H75N3/c1-4-7-10-13-16-19-25-40-63-57-30-23-21-28-51(57)53-36-32-47(43-59(53)63)49-34-38-55-56-39-35-50(46-62(56)65(61(55)45-49)42-27-18-15-12-9-6-3)48-33-37-54-52-29-22-24-31-58(52)64(60(54)44-48)41-26-20-17-14-11-8-5-2/h21-24,28-39,43-46H,4-20,25-27,40-42H2,1-3H3. The summed E-state index contributed by atoms with van der Waals surface area (Å²) in [5.41, 5.74) is 13.4. The van der Waals surface area contributed by atoms with E-state index in [0.717, 1.165) is 19.6 Å². The van der Waals surface area contributed by atoms with Gasteiger partial charge in [-0.25, -0.2) is 0 Å². The third kappa shape index (κ3) is 9.82. The van der Waals surface area contributed by atoms with Gasteiger partial charge in [0.25, 0.3) is 0 Å². The fourth-order valence-electron chi connectivity index (χ4n) is 11.1. The van der Waals surface area contributed by atoms with Gasteiger partial charge in [0.1, 0.15) is 0 Å². The topological polar surface area (TPSA) is 14.8 Å². The second-order valence-corrected chi connectivity index (χ2v) is 19.4. The zero-order valence-electron chi connectivity index (χ0n) is 40.2. The van der Waals surface area contributed by atoms with Crippen molar-refractivity contribution in [1.29, 1.82) is 0 Å². The quantitative estimate of drug-likeness (QED) is 0.0509. The van der Waals surface area contributed by atoms with E-state index in [2.05, 4.69) is 156 Å². The van der Waals surface area contributed by atoms with Gasteiger partial charge in [-0.2, -0.15) is 0 Å². The average molecular weight is 862 g/mol. The molecule has 0 atom stereocenters. The molecule has 3 aromatic heterocycles. The van der Waals surface area contributed by atoms with Gasteiger partial charge >= 0.3 is 0 Å². The molecule has 0 saturated heterocycles. The summed E-state index contributed by atoms with van der Waals surface area (Å²) in [5, 5.41) is 8.21. The van der Waals surface area contributed by atoms with Crippen LogP contribution in [0, 0.1) is 0 Å². The number of hydrogen-bond acceptors (Lipinski definition) is 0. The Morgan fingerprint density at radius 3 is 0.800 bits per heavy atom. The highest BCUT2D eigenvalue weighted by Crippen LogP contribution is 2.39. The first-order valence-corrected chi connectivity index (χ1v) is 26.3. The van der Waals surface area contributed by atoms with Gasteiger partial charge < -0.3 is 13.7 Å². The van der Waals surface area contributed by atoms with E-state index in [4.69, 9.17) is 0 Å². The van der Waals surface area contributed by atoms with E-state index in [1.165, 1.54) is 216 Å². The summed E-state index contributed by atoms with van der Waals surface area (Å²) in [6.07, 6.45) is 26.4. The van der Waals surface area contributed by atoms with E-state index >= 15 is 0 Å². The summed E-state index contributed by atoms with van der Waals surface area (Å²) >= 11 is 0. The third-order valence-corrected chi connectivity index (χ3v) is 14.8. The fraction of sp³-hybridized carbons (Fsp3) is 0.419. The summed E-state index contributed by atoms with van der Waals surface area (Å²) in [6, 6.07) is 47.2. The highest BCUT2D eigenvalue weighted by molar-refractivity contribution is 6.12. The Morgan fingerprint density at radius 2 is 0.492 bits per heavy atom. The highest BCUT2D eigenvalue weighted by Gasteiger charge is 2.17. The Bertz CT molecular complexity index is 2780. The van der Waals surface area contributed by atoms with E-state index in [9.17, 15) is 0 Å². The first-order valence-electron chi connectivity index (χ1n) is 26.3. The molecule has 0 aliphatic heterocycles. The smallest absolute Gasteiger partial charge is 0.0497 e. The lowest BCUT2D eigenvalue weighted by atomic mass is 10.00. The normalized spacial score (nSPS) is 12.1. The van der Waals surface area contributed by atoms with Gasteiger partial charge in [-0.3, -0.25) is 0 Å². The molecule has 338 valence electrons. The van der Waals surface area contributed by atoms with Crippen LogP contribution in [-0.2, 0) is 19.6 Å². The van der Waals surface area contributed by atoms with E-state index in [1.54, 1.807) is 0 Å². The van der Waals surface area contributed by atoms with Crippen LogP contribution in [0.25, 0.3) is 87.7 Å². The molecule has 3 heterocycles. The maximum Gasteiger partial charge on any atom is 0.0497 e. The molecule has 0 radical (unpaired) electrons. The first-order chi connectivity index (χ1) is 32.2. The van der Waals surface area contributed by atoms with E-state index in [0.29, 0.717) is 0 Å². The van der Waals surface area contributed by atoms with Crippen molar-refractivity contribution in [1.82, 2.24) is 13.7 Å². The molecule has 0 saturated carbocycles. The zero-order valence-corrected chi connectivity index (χ0v) is 40.2. The van der Waals surface area contributed by atoms with Gasteiger partial charge in [-0.15, -0.1) is 0 Å². The summed E-state index contributed by atoms with van der Waals surface area (Å²) < 4.78 is 7.90. The number of unbranched alkanes of at least 4 members (excludes halogenated alkanes) is 17. The van der Waals surface area contributed by atoms with E-state index in [-0.39, 0.29) is 0 Å². The Balaban J connectivity index is 1.06. The molecule has 9 aromatic rings. The minimum absolute atomic E-state index is 1.04. The average Bonchev–Trinajstić information content (AvgIpc) is 3.95. The number of nitrogens with zero attached hydrogens (tertiary/aromatic N) is 3. The first kappa shape index (κ1) is 44.9. The Kier molecular flexibility index (Phi) is 15.1. The molecule has 0 bridgehead atoms. The maximum atomic E-state index is 2.67. The number of benzene rings is 6. The molecule has 0 unspecified atom stereocenters. The van der Waals surface area contributed by atoms with Crippen LogP contribution in [0.2, 0.25) is 0 Å². The van der Waals surface area contributed by atoms with Gasteiger partial charge in [0.05, 0.1) is 0 Å². The van der Waals surface area contributed by atoms with Gasteiger partial charge in [-0.05, 0) is 77.9 Å². The Labute approximate surface area is 389 Å². The van der Waals surface area contributed by atoms with Crippen molar-refractivity contribution >= 4 is 65.4 Å². The molecule has 65 heavy (non-hydrogen) atoms. The van der Waals surface area contributed by atoms with E-state index in [1.807, 2.05) is 0 Å². The molecular formula is C62H75N3. The predicted octanol–water partition coefficient (Wildman–Crippen LogP) is 19.2. The molecular weight excluding hydrogens is 787 g/mol. The summed E-state index contributed by atoms with van der Waals surface area (Å²) in [5.74, 6) is 0. The van der Waals surface area contributed by atoms with Crippen LogP contribution in [0.15, 0.2) is 121 Å². The van der Waals surface area contributed by atoms with Crippen molar-refractivity contribution < 1.29 is 0 Å². The van der Waals surface area contributed by atoms with Crippen LogP contribution in [0.1, 0.15) is 149 Å². The summed E-state index contributed by atoms with van der Waals surface area (Å²) in [4.78, 5) is 0. The van der Waals surface area contributed by atoms with Crippen molar-refractivity contribution in [2.45, 2.75) is 169 Å². The lowest BCUT2D eigenvalue weighted by molar-refractivity contribution is 0.561. The molecule has 0 amide bonds. The second kappa shape index (κ2) is 21.8. The van der Waals surface area contributed by atoms with Crippen LogP contribution in [-0.4, -0.2) is 13.7 Å². The Hall–Kier alpha value is -5.28. The molecule has 0 aliphatic carbocycles. The van der Waals surface area contributed by atoms with Gasteiger partial charge in [0.2, 0.25) is 0 Å². The van der Waals surface area contributed by atoms with Gasteiger partial charge in [0.15, 0.2) is 0 Å². The van der Waals surface area contributed by atoms with Crippen LogP contribution in [0.4, 0.5) is 0 Å². The van der Waals surface area contributed by atoms with Crippen molar-refractivity contribution in [3.63, 3.8) is 0 Å². The molecule has 0 N–H and O–H groups in total. The minimum atomic E-state index is 1.04. The van der Waals surface area contributed by atoms with Crippen LogP contribution in [0.3, 0.4) is 0 Å². The number of fused-ring (bicyclic) bond motifs is 9. The van der Waals surface area contributed by atoms with E-state index < -0.39 is 0 Å². The molecule has 0 aliphatic rings. The molecule has 6 aromatic carbocycles. The largest absolute Gasteiger partial charge is 0.340 e. The molecule has 0 spiro atoms. The predicted molar refractivity (Wildman–Crippen MR) is 286 cm³/mol. The summed E-state index contributed by atoms with van der Waals surface area (Å²) in [6.45, 7) is 10.1. The molecule has 9 rings (SSSR count). The number of aromatic nitrogens is 3. The number of aryl methyl sites for hydroxylation is 3. The summed E-state index contributed by atoms with van der Waals surface area (Å²) in [7, 11) is 0. The third-order valence-electron chi connectivity index (χ3n) is 14.8. The monoisotopic (exact) mass is 862 g/mol. The molecule has 3 heteroatoms. The minimum Gasteiger partial charge on any atom is -0.340 e. The number of rotatable bonds is 25. The van der Waals surface area contributed by atoms with Crippen molar-refractivity contribution in [3.8, 4) is 22.3 Å². The lowest BCUT2D eigenvalue weighted by Crippen LogP contribution is -1.99. The second-order valence-electron chi connectivity index (χ2n) is 19.4. The van der Waals surface area contributed by atoms with Crippen molar-refractivity contribution in [3.05, 3.63) is 121 Å². The highest BCUT2D eigenvalue weighted by atomic mass is 15.0. The van der Waals surface area contributed by atoms with Crippen molar-refractivity contribution in [2.24, 2.45) is 0 Å². The number of para-hydroxylation sites is 2. The molecule has 3 nitrogen and oxygen atoms in total. The van der Waals surface area contributed by atoms with Crippen LogP contribution in [0.5, 0.6) is 0 Å². The Morgan fingerprint density at radius 1 is 0.246 bits per heavy atom. The van der Waals surface area contributed by atoms with Crippen molar-refractivity contribution in [2.75, 3.05) is 0 Å². The fourth-order valence-corrected chi connectivity index (χ4v) is 11.1. The van der Waals surface area contributed by atoms with Crippen LogP contribution >= 0.6 is 0 Å². The molecule has 0 fully saturated rings. The van der Waals surface area contributed by atoms with Gasteiger partial charge in [0, 0.05) is 85.1 Å². The lowest BCUT2D eigenvalue weighted by Gasteiger charge is -2.11. The van der Waals surface area contributed by atoms with Gasteiger partial charge in [-0.1, -0.05) is 215 Å².